The number of pyridine rings is 1. The summed E-state index contributed by atoms with van der Waals surface area (Å²) >= 11 is 0. The lowest BCUT2D eigenvalue weighted by Crippen LogP contribution is -2.47. The molecular formula is C16H18N4O4S. The number of piperazine rings is 1. The van der Waals surface area contributed by atoms with E-state index in [0.717, 1.165) is 5.69 Å². The van der Waals surface area contributed by atoms with Gasteiger partial charge in [0.2, 0.25) is 0 Å². The molecule has 1 aromatic heterocycles. The smallest absolute Gasteiger partial charge is 0.271 e. The minimum absolute atomic E-state index is 0.0593. The zero-order chi connectivity index (χ0) is 18.0. The van der Waals surface area contributed by atoms with Crippen LogP contribution in [0.25, 0.3) is 0 Å². The number of rotatable bonds is 4. The molecule has 0 spiro atoms. The normalized spacial score (nSPS) is 15.2. The number of anilines is 2. The number of nitrogens with zero attached hydrogens (tertiary/aromatic N) is 4. The van der Waals surface area contributed by atoms with Crippen LogP contribution >= 0.6 is 0 Å². The van der Waals surface area contributed by atoms with Crippen molar-refractivity contribution < 1.29 is 13.3 Å². The summed E-state index contributed by atoms with van der Waals surface area (Å²) in [4.78, 5) is 19.0. The molecule has 0 bridgehead atoms. The summed E-state index contributed by atoms with van der Waals surface area (Å²) in [6.07, 6.45) is 2.75. The molecular weight excluding hydrogens is 344 g/mol. The Morgan fingerprint density at radius 3 is 2.40 bits per heavy atom. The van der Waals surface area contributed by atoms with Gasteiger partial charge in [-0.05, 0) is 18.2 Å². The highest BCUT2D eigenvalue weighted by Gasteiger charge is 2.24. The lowest BCUT2D eigenvalue weighted by Gasteiger charge is -2.37. The van der Waals surface area contributed by atoms with Crippen LogP contribution in [0.4, 0.5) is 17.2 Å². The van der Waals surface area contributed by atoms with Gasteiger partial charge in [-0.1, -0.05) is 6.07 Å². The summed E-state index contributed by atoms with van der Waals surface area (Å²) in [6, 6.07) is 9.69. The Kier molecular flexibility index (Phi) is 4.58. The highest BCUT2D eigenvalue weighted by molar-refractivity contribution is 7.90. The molecule has 1 aliphatic rings. The molecule has 0 saturated carbocycles. The number of hydrogen-bond donors (Lipinski definition) is 0. The second kappa shape index (κ2) is 6.67. The van der Waals surface area contributed by atoms with Crippen LogP contribution in [0.1, 0.15) is 0 Å². The first-order valence-electron chi connectivity index (χ1n) is 7.76. The summed E-state index contributed by atoms with van der Waals surface area (Å²) in [5, 5.41) is 10.9. The van der Waals surface area contributed by atoms with Crippen molar-refractivity contribution in [2.45, 2.75) is 4.90 Å². The van der Waals surface area contributed by atoms with Gasteiger partial charge in [-0.15, -0.1) is 0 Å². The minimum Gasteiger partial charge on any atom is -0.368 e. The maximum atomic E-state index is 11.9. The SMILES string of the molecule is CS(=O)(=O)c1cccnc1N1CCN(c2cccc([N+](=O)[O-])c2)CC1. The third kappa shape index (κ3) is 3.71. The first-order valence-corrected chi connectivity index (χ1v) is 9.65. The summed E-state index contributed by atoms with van der Waals surface area (Å²) in [7, 11) is -3.36. The van der Waals surface area contributed by atoms with E-state index in [1.807, 2.05) is 15.9 Å². The van der Waals surface area contributed by atoms with E-state index in [2.05, 4.69) is 4.98 Å². The van der Waals surface area contributed by atoms with Gasteiger partial charge in [-0.2, -0.15) is 0 Å². The second-order valence-corrected chi connectivity index (χ2v) is 7.83. The molecule has 0 amide bonds. The van der Waals surface area contributed by atoms with Gasteiger partial charge in [0.15, 0.2) is 9.84 Å². The van der Waals surface area contributed by atoms with Crippen LogP contribution in [-0.4, -0.2) is 50.8 Å². The molecule has 2 aromatic rings. The number of nitro groups is 1. The molecule has 0 atom stereocenters. The summed E-state index contributed by atoms with van der Waals surface area (Å²) < 4.78 is 23.9. The van der Waals surface area contributed by atoms with Gasteiger partial charge in [-0.3, -0.25) is 10.1 Å². The second-order valence-electron chi connectivity index (χ2n) is 5.85. The van der Waals surface area contributed by atoms with Gasteiger partial charge in [0.1, 0.15) is 10.7 Å². The molecule has 9 heteroatoms. The fourth-order valence-corrected chi connectivity index (χ4v) is 3.73. The average molecular weight is 362 g/mol. The van der Waals surface area contributed by atoms with E-state index in [4.69, 9.17) is 0 Å². The maximum Gasteiger partial charge on any atom is 0.271 e. The predicted molar refractivity (Wildman–Crippen MR) is 94.9 cm³/mol. The summed E-state index contributed by atoms with van der Waals surface area (Å²) in [5.41, 5.74) is 0.849. The third-order valence-corrected chi connectivity index (χ3v) is 5.25. The highest BCUT2D eigenvalue weighted by atomic mass is 32.2. The number of nitro benzene ring substituents is 1. The number of non-ortho nitro benzene ring substituents is 1. The maximum absolute atomic E-state index is 11.9. The van der Waals surface area contributed by atoms with Crippen LogP contribution in [0.2, 0.25) is 0 Å². The molecule has 132 valence electrons. The fraction of sp³-hybridized carbons (Fsp3) is 0.312. The standard InChI is InChI=1S/C16H18N4O4S/c1-25(23,24)15-6-3-7-17-16(15)19-10-8-18(9-11-19)13-4-2-5-14(12-13)20(21)22/h2-7,12H,8-11H2,1H3. The Morgan fingerprint density at radius 2 is 1.76 bits per heavy atom. The van der Waals surface area contributed by atoms with Crippen LogP contribution in [0.3, 0.4) is 0 Å². The Morgan fingerprint density at radius 1 is 1.08 bits per heavy atom. The zero-order valence-electron chi connectivity index (χ0n) is 13.7. The predicted octanol–water partition coefficient (Wildman–Crippen LogP) is 1.72. The lowest BCUT2D eigenvalue weighted by molar-refractivity contribution is -0.384. The van der Waals surface area contributed by atoms with Crippen molar-refractivity contribution in [1.29, 1.82) is 0 Å². The molecule has 8 nitrogen and oxygen atoms in total. The molecule has 0 unspecified atom stereocenters. The molecule has 25 heavy (non-hydrogen) atoms. The average Bonchev–Trinajstić information content (AvgIpc) is 2.61. The van der Waals surface area contributed by atoms with E-state index in [0.29, 0.717) is 32.0 Å². The molecule has 3 rings (SSSR count). The van der Waals surface area contributed by atoms with Crippen molar-refractivity contribution in [3.8, 4) is 0 Å². The Balaban J connectivity index is 1.77. The summed E-state index contributed by atoms with van der Waals surface area (Å²) in [6.45, 7) is 2.42. The first kappa shape index (κ1) is 17.2. The topological polar surface area (TPSA) is 96.7 Å². The van der Waals surface area contributed by atoms with Crippen LogP contribution in [0, 0.1) is 10.1 Å². The molecule has 1 fully saturated rings. The van der Waals surface area contributed by atoms with Crippen molar-refractivity contribution in [2.24, 2.45) is 0 Å². The number of hydrogen-bond acceptors (Lipinski definition) is 7. The van der Waals surface area contributed by atoms with E-state index in [1.54, 1.807) is 30.5 Å². The Labute approximate surface area is 145 Å². The molecule has 0 aliphatic carbocycles. The number of sulfone groups is 1. The van der Waals surface area contributed by atoms with Crippen LogP contribution in [-0.2, 0) is 9.84 Å². The molecule has 1 aromatic carbocycles. The van der Waals surface area contributed by atoms with Crippen molar-refractivity contribution in [1.82, 2.24) is 4.98 Å². The monoisotopic (exact) mass is 362 g/mol. The van der Waals surface area contributed by atoms with Crippen LogP contribution < -0.4 is 9.80 Å². The van der Waals surface area contributed by atoms with Gasteiger partial charge in [-0.25, -0.2) is 13.4 Å². The van der Waals surface area contributed by atoms with Gasteiger partial charge in [0, 0.05) is 56.5 Å². The Bertz CT molecular complexity index is 893. The van der Waals surface area contributed by atoms with E-state index in [9.17, 15) is 18.5 Å². The summed E-state index contributed by atoms with van der Waals surface area (Å²) in [5.74, 6) is 0.462. The van der Waals surface area contributed by atoms with Gasteiger partial charge >= 0.3 is 0 Å². The third-order valence-electron chi connectivity index (χ3n) is 4.14. The quantitative estimate of drug-likeness (QED) is 0.603. The fourth-order valence-electron chi connectivity index (χ4n) is 2.89. The minimum atomic E-state index is -3.36. The lowest BCUT2D eigenvalue weighted by atomic mass is 10.2. The number of aromatic nitrogens is 1. The Hall–Kier alpha value is -2.68. The first-order chi connectivity index (χ1) is 11.9. The molecule has 0 radical (unpaired) electrons. The molecule has 1 saturated heterocycles. The van der Waals surface area contributed by atoms with Crippen molar-refractivity contribution in [3.63, 3.8) is 0 Å². The molecule has 0 N–H and O–H groups in total. The van der Waals surface area contributed by atoms with Crippen molar-refractivity contribution >= 4 is 27.0 Å². The molecule has 2 heterocycles. The van der Waals surface area contributed by atoms with Crippen molar-refractivity contribution in [3.05, 3.63) is 52.7 Å². The van der Waals surface area contributed by atoms with E-state index >= 15 is 0 Å². The highest BCUT2D eigenvalue weighted by Crippen LogP contribution is 2.26. The van der Waals surface area contributed by atoms with Crippen LogP contribution in [0.15, 0.2) is 47.5 Å². The van der Waals surface area contributed by atoms with Gasteiger partial charge in [0.25, 0.3) is 5.69 Å². The molecule has 1 aliphatic heterocycles. The van der Waals surface area contributed by atoms with Crippen LogP contribution in [0.5, 0.6) is 0 Å². The zero-order valence-corrected chi connectivity index (χ0v) is 14.5. The number of benzene rings is 1. The van der Waals surface area contributed by atoms with E-state index in [1.165, 1.54) is 12.3 Å². The van der Waals surface area contributed by atoms with E-state index < -0.39 is 14.8 Å². The largest absolute Gasteiger partial charge is 0.368 e. The van der Waals surface area contributed by atoms with Gasteiger partial charge < -0.3 is 9.80 Å². The van der Waals surface area contributed by atoms with Crippen molar-refractivity contribution in [2.75, 3.05) is 42.2 Å². The van der Waals surface area contributed by atoms with Gasteiger partial charge in [0.05, 0.1) is 4.92 Å². The van der Waals surface area contributed by atoms with E-state index in [-0.39, 0.29) is 10.6 Å².